The second-order valence-corrected chi connectivity index (χ2v) is 7.41. The molecule has 0 saturated carbocycles. The Hall–Kier alpha value is -3.16. The summed E-state index contributed by atoms with van der Waals surface area (Å²) in [6.45, 7) is 0. The van der Waals surface area contributed by atoms with Gasteiger partial charge >= 0.3 is 0 Å². The minimum atomic E-state index is -2.19. The standard InChI is InChI=1S/C22H16FNO4S/c23-20-10-9-16(11-24-20)21-18(12-25)17-3-1-2-4-19(17)28-22(21)15-7-5-14(6-8-15)13-29(26)27/h1-12,18H,13H2,(H,26,27)/p-1. The van der Waals surface area contributed by atoms with Crippen molar-refractivity contribution < 1.29 is 22.7 Å². The number of allylic oxidation sites excluding steroid dienone is 1. The number of para-hydroxylation sites is 1. The van der Waals surface area contributed by atoms with Gasteiger partial charge in [-0.3, -0.25) is 4.21 Å². The maximum Gasteiger partial charge on any atom is 0.212 e. The number of halogens is 1. The van der Waals surface area contributed by atoms with Crippen molar-refractivity contribution in [2.24, 2.45) is 0 Å². The molecule has 7 heteroatoms. The van der Waals surface area contributed by atoms with Crippen molar-refractivity contribution in [2.45, 2.75) is 11.7 Å². The first kappa shape index (κ1) is 19.2. The summed E-state index contributed by atoms with van der Waals surface area (Å²) in [6.07, 6.45) is 2.20. The second kappa shape index (κ2) is 8.06. The highest BCUT2D eigenvalue weighted by Crippen LogP contribution is 2.45. The number of hydrogen-bond acceptors (Lipinski definition) is 5. The van der Waals surface area contributed by atoms with Crippen LogP contribution < -0.4 is 4.74 Å². The summed E-state index contributed by atoms with van der Waals surface area (Å²) in [4.78, 5) is 15.8. The highest BCUT2D eigenvalue weighted by Gasteiger charge is 2.31. The lowest BCUT2D eigenvalue weighted by Gasteiger charge is -2.28. The molecule has 0 bridgehead atoms. The second-order valence-electron chi connectivity index (χ2n) is 6.51. The minimum absolute atomic E-state index is 0.0886. The molecule has 2 heterocycles. The summed E-state index contributed by atoms with van der Waals surface area (Å²) < 4.78 is 41.4. The molecule has 146 valence electrons. The molecule has 5 nitrogen and oxygen atoms in total. The van der Waals surface area contributed by atoms with Crippen LogP contribution in [0.1, 0.15) is 28.2 Å². The van der Waals surface area contributed by atoms with Crippen molar-refractivity contribution in [3.05, 3.63) is 95.1 Å². The van der Waals surface area contributed by atoms with Crippen molar-refractivity contribution in [3.63, 3.8) is 0 Å². The Bertz CT molecular complexity index is 1110. The van der Waals surface area contributed by atoms with Gasteiger partial charge in [-0.1, -0.05) is 53.5 Å². The number of benzene rings is 2. The quantitative estimate of drug-likeness (QED) is 0.364. The monoisotopic (exact) mass is 408 g/mol. The fourth-order valence-electron chi connectivity index (χ4n) is 3.38. The van der Waals surface area contributed by atoms with Gasteiger partial charge < -0.3 is 14.1 Å². The van der Waals surface area contributed by atoms with Crippen molar-refractivity contribution in [1.82, 2.24) is 4.98 Å². The fraction of sp³-hybridized carbons (Fsp3) is 0.0909. The molecular weight excluding hydrogens is 393 g/mol. The molecule has 4 rings (SSSR count). The normalized spacial score (nSPS) is 16.7. The van der Waals surface area contributed by atoms with Gasteiger partial charge in [0.15, 0.2) is 0 Å². The van der Waals surface area contributed by atoms with Crippen LogP contribution in [0.2, 0.25) is 0 Å². The predicted molar refractivity (Wildman–Crippen MR) is 106 cm³/mol. The first-order valence-electron chi connectivity index (χ1n) is 8.80. The van der Waals surface area contributed by atoms with Gasteiger partial charge in [0, 0.05) is 34.2 Å². The first-order chi connectivity index (χ1) is 14.1. The van der Waals surface area contributed by atoms with E-state index >= 15 is 0 Å². The van der Waals surface area contributed by atoms with E-state index in [0.717, 1.165) is 6.29 Å². The number of rotatable bonds is 5. The van der Waals surface area contributed by atoms with Crippen LogP contribution in [0, 0.1) is 5.95 Å². The van der Waals surface area contributed by atoms with Gasteiger partial charge in [-0.2, -0.15) is 4.39 Å². The van der Waals surface area contributed by atoms with E-state index in [1.165, 1.54) is 12.3 Å². The van der Waals surface area contributed by atoms with Crippen LogP contribution >= 0.6 is 0 Å². The van der Waals surface area contributed by atoms with E-state index in [9.17, 15) is 17.9 Å². The lowest BCUT2D eigenvalue weighted by molar-refractivity contribution is -0.108. The largest absolute Gasteiger partial charge is 0.772 e. The number of aldehydes is 1. The third-order valence-corrected chi connectivity index (χ3v) is 5.27. The predicted octanol–water partition coefficient (Wildman–Crippen LogP) is 3.84. The molecule has 0 saturated heterocycles. The Kier molecular flexibility index (Phi) is 5.33. The molecule has 0 amide bonds. The van der Waals surface area contributed by atoms with Gasteiger partial charge in [0.05, 0.1) is 5.92 Å². The topological polar surface area (TPSA) is 79.3 Å². The van der Waals surface area contributed by atoms with E-state index in [-0.39, 0.29) is 5.75 Å². The number of pyridine rings is 1. The van der Waals surface area contributed by atoms with Crippen LogP contribution in [0.3, 0.4) is 0 Å². The van der Waals surface area contributed by atoms with Crippen LogP contribution in [-0.4, -0.2) is 20.0 Å². The minimum Gasteiger partial charge on any atom is -0.772 e. The number of nitrogens with zero attached hydrogens (tertiary/aromatic N) is 1. The van der Waals surface area contributed by atoms with Gasteiger partial charge in [0.25, 0.3) is 0 Å². The third-order valence-electron chi connectivity index (χ3n) is 4.70. The Labute approximate surface area is 169 Å². The van der Waals surface area contributed by atoms with E-state index in [1.807, 2.05) is 18.2 Å². The van der Waals surface area contributed by atoms with Gasteiger partial charge in [-0.15, -0.1) is 0 Å². The van der Waals surface area contributed by atoms with E-state index in [4.69, 9.17) is 4.74 Å². The van der Waals surface area contributed by atoms with Crippen LogP contribution in [0.25, 0.3) is 11.3 Å². The average Bonchev–Trinajstić information content (AvgIpc) is 2.73. The van der Waals surface area contributed by atoms with Crippen molar-refractivity contribution >= 4 is 28.7 Å². The Morgan fingerprint density at radius 3 is 2.45 bits per heavy atom. The van der Waals surface area contributed by atoms with Gasteiger partial charge in [0.1, 0.15) is 17.8 Å². The van der Waals surface area contributed by atoms with Crippen LogP contribution in [0.15, 0.2) is 66.9 Å². The zero-order valence-electron chi connectivity index (χ0n) is 15.1. The number of ether oxygens (including phenoxy) is 1. The molecule has 0 aliphatic carbocycles. The summed E-state index contributed by atoms with van der Waals surface area (Å²) in [6, 6.07) is 16.9. The molecule has 1 aromatic heterocycles. The lowest BCUT2D eigenvalue weighted by Crippen LogP contribution is -2.16. The summed E-state index contributed by atoms with van der Waals surface area (Å²) in [5.74, 6) is -0.316. The Balaban J connectivity index is 1.88. The molecule has 2 atom stereocenters. The zero-order valence-corrected chi connectivity index (χ0v) is 15.9. The van der Waals surface area contributed by atoms with E-state index in [0.29, 0.717) is 39.3 Å². The molecule has 0 N–H and O–H groups in total. The summed E-state index contributed by atoms with van der Waals surface area (Å²) in [7, 11) is 0. The Morgan fingerprint density at radius 2 is 1.79 bits per heavy atom. The van der Waals surface area contributed by atoms with Crippen molar-refractivity contribution in [3.8, 4) is 5.75 Å². The summed E-state index contributed by atoms with van der Waals surface area (Å²) >= 11 is -2.19. The fourth-order valence-corrected chi connectivity index (χ4v) is 3.85. The maximum absolute atomic E-state index is 13.4. The van der Waals surface area contributed by atoms with Crippen molar-refractivity contribution in [2.75, 3.05) is 0 Å². The SMILES string of the molecule is O=CC1C(c2ccc(F)nc2)=C(c2ccc(CS(=O)[O-])cc2)Oc2ccccc21. The molecule has 29 heavy (non-hydrogen) atoms. The highest BCUT2D eigenvalue weighted by atomic mass is 32.2. The lowest BCUT2D eigenvalue weighted by atomic mass is 9.84. The van der Waals surface area contributed by atoms with E-state index in [1.54, 1.807) is 36.4 Å². The molecule has 1 aliphatic rings. The number of fused-ring (bicyclic) bond motifs is 1. The molecule has 1 aliphatic heterocycles. The third kappa shape index (κ3) is 3.87. The Morgan fingerprint density at radius 1 is 1.07 bits per heavy atom. The summed E-state index contributed by atoms with van der Waals surface area (Å²) in [5.41, 5.74) is 3.16. The molecule has 3 aromatic rings. The molecule has 0 spiro atoms. The summed E-state index contributed by atoms with van der Waals surface area (Å²) in [5, 5.41) is 0. The van der Waals surface area contributed by atoms with Crippen LogP contribution in [-0.2, 0) is 21.6 Å². The zero-order chi connectivity index (χ0) is 20.4. The number of aromatic nitrogens is 1. The van der Waals surface area contributed by atoms with Crippen LogP contribution in [0.5, 0.6) is 5.75 Å². The smallest absolute Gasteiger partial charge is 0.212 e. The van der Waals surface area contributed by atoms with Gasteiger partial charge in [-0.05, 0) is 23.8 Å². The molecule has 2 unspecified atom stereocenters. The maximum atomic E-state index is 13.4. The van der Waals surface area contributed by atoms with E-state index < -0.39 is 22.9 Å². The van der Waals surface area contributed by atoms with E-state index in [2.05, 4.69) is 4.98 Å². The molecular formula is C22H15FNO4S-. The van der Waals surface area contributed by atoms with Gasteiger partial charge in [-0.25, -0.2) is 4.98 Å². The first-order valence-corrected chi connectivity index (χ1v) is 10.0. The number of carbonyl (C=O) groups is 1. The van der Waals surface area contributed by atoms with Crippen molar-refractivity contribution in [1.29, 1.82) is 0 Å². The molecule has 2 aromatic carbocycles. The highest BCUT2D eigenvalue weighted by molar-refractivity contribution is 7.78. The molecule has 0 fully saturated rings. The molecule has 0 radical (unpaired) electrons. The number of hydrogen-bond donors (Lipinski definition) is 0. The van der Waals surface area contributed by atoms with Crippen LogP contribution in [0.4, 0.5) is 4.39 Å². The number of carbonyl (C=O) groups excluding carboxylic acids is 1. The average molecular weight is 408 g/mol. The van der Waals surface area contributed by atoms with Gasteiger partial charge in [0.2, 0.25) is 5.95 Å².